The Morgan fingerprint density at radius 2 is 1.76 bits per heavy atom. The second-order valence-electron chi connectivity index (χ2n) is 5.36. The number of rotatable bonds is 3. The van der Waals surface area contributed by atoms with E-state index < -0.39 is 11.8 Å². The Hall–Kier alpha value is -2.28. The highest BCUT2D eigenvalue weighted by atomic mass is 16.2. The van der Waals surface area contributed by atoms with E-state index >= 15 is 0 Å². The zero-order chi connectivity index (χ0) is 15.4. The van der Waals surface area contributed by atoms with Crippen molar-refractivity contribution >= 4 is 17.5 Å². The molecule has 21 heavy (non-hydrogen) atoms. The third-order valence-corrected chi connectivity index (χ3v) is 3.63. The van der Waals surface area contributed by atoms with Gasteiger partial charge in [0.2, 0.25) is 0 Å². The Morgan fingerprint density at radius 1 is 1.10 bits per heavy atom. The van der Waals surface area contributed by atoms with E-state index in [1.165, 1.54) is 10.5 Å². The van der Waals surface area contributed by atoms with Crippen LogP contribution >= 0.6 is 0 Å². The van der Waals surface area contributed by atoms with E-state index in [1.54, 1.807) is 11.8 Å². The van der Waals surface area contributed by atoms with Gasteiger partial charge < -0.3 is 9.80 Å². The van der Waals surface area contributed by atoms with Crippen molar-refractivity contribution in [3.63, 3.8) is 0 Å². The van der Waals surface area contributed by atoms with Crippen molar-refractivity contribution in [2.45, 2.75) is 26.7 Å². The molecular formula is C17H20N2O2. The first-order chi connectivity index (χ1) is 10.0. The first-order valence-corrected chi connectivity index (χ1v) is 7.15. The van der Waals surface area contributed by atoms with E-state index in [-0.39, 0.29) is 0 Å². The smallest absolute Gasteiger partial charge is 0.316 e. The van der Waals surface area contributed by atoms with Gasteiger partial charge in [0.1, 0.15) is 0 Å². The van der Waals surface area contributed by atoms with Gasteiger partial charge in [-0.25, -0.2) is 0 Å². The SMILES string of the molecule is CC#CCN1CCN(c2ccc(C(C)C)cc2)C(=O)C1=O. The van der Waals surface area contributed by atoms with Crippen LogP contribution in [0.2, 0.25) is 0 Å². The molecule has 1 aromatic rings. The van der Waals surface area contributed by atoms with Crippen LogP contribution in [0.1, 0.15) is 32.3 Å². The molecule has 0 aromatic heterocycles. The van der Waals surface area contributed by atoms with Crippen molar-refractivity contribution in [2.24, 2.45) is 0 Å². The molecule has 1 aromatic carbocycles. The fraction of sp³-hybridized carbons (Fsp3) is 0.412. The fourth-order valence-electron chi connectivity index (χ4n) is 2.29. The molecule has 0 aliphatic carbocycles. The molecule has 0 radical (unpaired) electrons. The minimum Gasteiger partial charge on any atom is -0.321 e. The standard InChI is InChI=1S/C17H20N2O2/c1-4-5-10-18-11-12-19(17(21)16(18)20)15-8-6-14(7-9-15)13(2)3/h6-9,13H,10-12H2,1-3H3. The number of hydrogen-bond donors (Lipinski definition) is 0. The first kappa shape index (κ1) is 15.1. The zero-order valence-corrected chi connectivity index (χ0v) is 12.7. The van der Waals surface area contributed by atoms with Crippen LogP contribution in [0.25, 0.3) is 0 Å². The number of carbonyl (C=O) groups excluding carboxylic acids is 2. The molecule has 110 valence electrons. The Balaban J connectivity index is 2.13. The molecule has 1 aliphatic rings. The van der Waals surface area contributed by atoms with Gasteiger partial charge in [-0.3, -0.25) is 9.59 Å². The van der Waals surface area contributed by atoms with Gasteiger partial charge in [0.05, 0.1) is 6.54 Å². The molecule has 0 unspecified atom stereocenters. The highest BCUT2D eigenvalue weighted by Crippen LogP contribution is 2.21. The number of anilines is 1. The minimum absolute atomic E-state index is 0.321. The maximum Gasteiger partial charge on any atom is 0.316 e. The number of amides is 2. The summed E-state index contributed by atoms with van der Waals surface area (Å²) in [7, 11) is 0. The highest BCUT2D eigenvalue weighted by Gasteiger charge is 2.32. The van der Waals surface area contributed by atoms with E-state index in [2.05, 4.69) is 25.7 Å². The number of benzene rings is 1. The molecule has 0 spiro atoms. The summed E-state index contributed by atoms with van der Waals surface area (Å²) in [6, 6.07) is 7.82. The van der Waals surface area contributed by atoms with Gasteiger partial charge in [0.25, 0.3) is 0 Å². The summed E-state index contributed by atoms with van der Waals surface area (Å²) in [4.78, 5) is 27.3. The van der Waals surface area contributed by atoms with Gasteiger partial charge in [-0.15, -0.1) is 5.92 Å². The summed E-state index contributed by atoms with van der Waals surface area (Å²) < 4.78 is 0. The van der Waals surface area contributed by atoms with E-state index in [0.717, 1.165) is 5.69 Å². The molecule has 0 bridgehead atoms. The lowest BCUT2D eigenvalue weighted by Crippen LogP contribution is -2.54. The maximum atomic E-state index is 12.2. The summed E-state index contributed by atoms with van der Waals surface area (Å²) in [6.07, 6.45) is 0. The Labute approximate surface area is 125 Å². The number of hydrogen-bond acceptors (Lipinski definition) is 2. The summed E-state index contributed by atoms with van der Waals surface area (Å²) in [5, 5.41) is 0. The van der Waals surface area contributed by atoms with Gasteiger partial charge in [-0.05, 0) is 30.5 Å². The Kier molecular flexibility index (Phi) is 4.64. The van der Waals surface area contributed by atoms with Crippen LogP contribution in [-0.2, 0) is 9.59 Å². The summed E-state index contributed by atoms with van der Waals surface area (Å²) in [5.41, 5.74) is 1.99. The third kappa shape index (κ3) is 3.25. The monoisotopic (exact) mass is 284 g/mol. The lowest BCUT2D eigenvalue weighted by molar-refractivity contribution is -0.145. The van der Waals surface area contributed by atoms with Crippen LogP contribution in [0, 0.1) is 11.8 Å². The number of carbonyl (C=O) groups is 2. The van der Waals surface area contributed by atoms with E-state index in [0.29, 0.717) is 25.6 Å². The first-order valence-electron chi connectivity index (χ1n) is 7.15. The maximum absolute atomic E-state index is 12.2. The molecule has 1 saturated heterocycles. The Morgan fingerprint density at radius 3 is 2.33 bits per heavy atom. The van der Waals surface area contributed by atoms with Crippen molar-refractivity contribution in [3.05, 3.63) is 29.8 Å². The van der Waals surface area contributed by atoms with Crippen molar-refractivity contribution < 1.29 is 9.59 Å². The van der Waals surface area contributed by atoms with Crippen LogP contribution in [-0.4, -0.2) is 36.3 Å². The zero-order valence-electron chi connectivity index (χ0n) is 12.7. The summed E-state index contributed by atoms with van der Waals surface area (Å²) in [5.74, 6) is 5.06. The second-order valence-corrected chi connectivity index (χ2v) is 5.36. The molecule has 1 aliphatic heterocycles. The van der Waals surface area contributed by atoms with Gasteiger partial charge in [0, 0.05) is 18.8 Å². The van der Waals surface area contributed by atoms with Crippen LogP contribution in [0.15, 0.2) is 24.3 Å². The van der Waals surface area contributed by atoms with Crippen LogP contribution < -0.4 is 4.90 Å². The van der Waals surface area contributed by atoms with Crippen LogP contribution in [0.5, 0.6) is 0 Å². The number of nitrogens with zero attached hydrogens (tertiary/aromatic N) is 2. The van der Waals surface area contributed by atoms with Gasteiger partial charge in [-0.2, -0.15) is 0 Å². The van der Waals surface area contributed by atoms with E-state index in [4.69, 9.17) is 0 Å². The largest absolute Gasteiger partial charge is 0.321 e. The Bertz CT molecular complexity index is 593. The second kappa shape index (κ2) is 6.45. The minimum atomic E-state index is -0.476. The van der Waals surface area contributed by atoms with Crippen molar-refractivity contribution in [1.29, 1.82) is 0 Å². The van der Waals surface area contributed by atoms with Crippen molar-refractivity contribution in [2.75, 3.05) is 24.5 Å². The van der Waals surface area contributed by atoms with Crippen molar-refractivity contribution in [3.8, 4) is 11.8 Å². The molecule has 2 amide bonds. The molecule has 4 nitrogen and oxygen atoms in total. The van der Waals surface area contributed by atoms with E-state index in [9.17, 15) is 9.59 Å². The van der Waals surface area contributed by atoms with Crippen molar-refractivity contribution in [1.82, 2.24) is 4.90 Å². The number of piperazine rings is 1. The van der Waals surface area contributed by atoms with E-state index in [1.807, 2.05) is 24.3 Å². The lowest BCUT2D eigenvalue weighted by atomic mass is 10.0. The van der Waals surface area contributed by atoms with Crippen LogP contribution in [0.4, 0.5) is 5.69 Å². The molecule has 0 atom stereocenters. The van der Waals surface area contributed by atoms with Gasteiger partial charge in [-0.1, -0.05) is 31.9 Å². The quantitative estimate of drug-likeness (QED) is 0.629. The predicted octanol–water partition coefficient (Wildman–Crippen LogP) is 2.01. The molecule has 1 fully saturated rings. The average molecular weight is 284 g/mol. The summed E-state index contributed by atoms with van der Waals surface area (Å²) in [6.45, 7) is 7.32. The molecule has 0 N–H and O–H groups in total. The van der Waals surface area contributed by atoms with Crippen LogP contribution in [0.3, 0.4) is 0 Å². The predicted molar refractivity (Wildman–Crippen MR) is 82.9 cm³/mol. The van der Waals surface area contributed by atoms with Gasteiger partial charge in [0.15, 0.2) is 0 Å². The molecular weight excluding hydrogens is 264 g/mol. The topological polar surface area (TPSA) is 40.6 Å². The van der Waals surface area contributed by atoms with Gasteiger partial charge >= 0.3 is 11.8 Å². The lowest BCUT2D eigenvalue weighted by Gasteiger charge is -2.32. The fourth-order valence-corrected chi connectivity index (χ4v) is 2.29. The molecule has 4 heteroatoms. The molecule has 2 rings (SSSR count). The molecule has 0 saturated carbocycles. The third-order valence-electron chi connectivity index (χ3n) is 3.63. The average Bonchev–Trinajstić information content (AvgIpc) is 2.49. The summed E-state index contributed by atoms with van der Waals surface area (Å²) >= 11 is 0. The normalized spacial score (nSPS) is 15.2. The highest BCUT2D eigenvalue weighted by molar-refractivity contribution is 6.41. The molecule has 1 heterocycles.